The minimum absolute atomic E-state index is 0.214. The predicted octanol–water partition coefficient (Wildman–Crippen LogP) is 2.87. The summed E-state index contributed by atoms with van der Waals surface area (Å²) < 4.78 is 0. The normalized spacial score (nSPS) is 23.3. The molecule has 0 radical (unpaired) electrons. The summed E-state index contributed by atoms with van der Waals surface area (Å²) in [5.74, 6) is 0.299. The molecule has 144 valence electrons. The largest absolute Gasteiger partial charge is 0.371 e. The van der Waals surface area contributed by atoms with Crippen LogP contribution in [0.1, 0.15) is 42.8 Å². The molecule has 0 saturated carbocycles. The van der Waals surface area contributed by atoms with Crippen molar-refractivity contribution in [2.75, 3.05) is 31.1 Å². The maximum Gasteiger partial charge on any atom is 0.222 e. The molecule has 27 heavy (non-hydrogen) atoms. The first-order valence-electron chi connectivity index (χ1n) is 9.98. The summed E-state index contributed by atoms with van der Waals surface area (Å²) in [6, 6.07) is 4.38. The first kappa shape index (κ1) is 18.0. The van der Waals surface area contributed by atoms with E-state index in [0.717, 1.165) is 56.1 Å². The molecule has 1 N–H and O–H groups in total. The van der Waals surface area contributed by atoms with Crippen LogP contribution in [0.3, 0.4) is 0 Å². The minimum atomic E-state index is 0.214. The number of hydrogen-bond donors (Lipinski definition) is 1. The molecule has 2 aromatic heterocycles. The smallest absolute Gasteiger partial charge is 0.222 e. The number of imidazole rings is 1. The topological polar surface area (TPSA) is 65.1 Å². The Balaban J connectivity index is 1.47. The first-order valence-corrected chi connectivity index (χ1v) is 9.98. The Kier molecular flexibility index (Phi) is 4.89. The molecule has 2 aliphatic heterocycles. The highest BCUT2D eigenvalue weighted by Gasteiger charge is 2.41. The van der Waals surface area contributed by atoms with Crippen LogP contribution in [0, 0.1) is 19.3 Å². The molecule has 2 fully saturated rings. The Labute approximate surface area is 161 Å². The second-order valence-corrected chi connectivity index (χ2v) is 8.28. The summed E-state index contributed by atoms with van der Waals surface area (Å²) in [6.07, 6.45) is 8.46. The molecule has 2 aromatic rings. The summed E-state index contributed by atoms with van der Waals surface area (Å²) in [6.45, 7) is 7.89. The van der Waals surface area contributed by atoms with Crippen molar-refractivity contribution in [3.63, 3.8) is 0 Å². The van der Waals surface area contributed by atoms with E-state index < -0.39 is 0 Å². The van der Waals surface area contributed by atoms with Crippen LogP contribution >= 0.6 is 0 Å². The summed E-state index contributed by atoms with van der Waals surface area (Å²) >= 11 is 0. The molecule has 0 aromatic carbocycles. The number of nitrogens with one attached hydrogen (secondary N) is 1. The van der Waals surface area contributed by atoms with Gasteiger partial charge in [0.25, 0.3) is 0 Å². The summed E-state index contributed by atoms with van der Waals surface area (Å²) in [7, 11) is 0. The number of carbonyl (C=O) groups is 1. The number of aryl methyl sites for hydroxylation is 2. The third-order valence-corrected chi connectivity index (χ3v) is 6.05. The van der Waals surface area contributed by atoms with Crippen molar-refractivity contribution in [3.8, 4) is 0 Å². The fraction of sp³-hybridized carbons (Fsp3) is 0.571. The molecule has 2 saturated heterocycles. The first-order chi connectivity index (χ1) is 13.0. The van der Waals surface area contributed by atoms with Gasteiger partial charge in [-0.05, 0) is 45.2 Å². The van der Waals surface area contributed by atoms with Crippen molar-refractivity contribution in [1.29, 1.82) is 0 Å². The van der Waals surface area contributed by atoms with Crippen LogP contribution in [0.25, 0.3) is 0 Å². The molecule has 6 heteroatoms. The van der Waals surface area contributed by atoms with Gasteiger partial charge in [-0.15, -0.1) is 0 Å². The van der Waals surface area contributed by atoms with Crippen LogP contribution in [0.5, 0.6) is 0 Å². The Morgan fingerprint density at radius 3 is 2.74 bits per heavy atom. The number of anilines is 1. The standard InChI is InChI=1S/C21H29N5O/c1-16-10-19(11-17(2)24-16)25-8-3-6-21(13-25)7-4-20(27)26(14-21)9-5-18-12-22-15-23-18/h10-12,15H,3-9,13-14H2,1-2H3,(H,22,23)/t21-/m0/s1. The zero-order valence-corrected chi connectivity index (χ0v) is 16.4. The van der Waals surface area contributed by atoms with Gasteiger partial charge in [-0.3, -0.25) is 9.78 Å². The highest BCUT2D eigenvalue weighted by atomic mass is 16.2. The fourth-order valence-electron chi connectivity index (χ4n) is 4.74. The lowest BCUT2D eigenvalue weighted by atomic mass is 9.73. The van der Waals surface area contributed by atoms with Crippen LogP contribution in [0.4, 0.5) is 5.69 Å². The second-order valence-electron chi connectivity index (χ2n) is 8.28. The van der Waals surface area contributed by atoms with E-state index in [-0.39, 0.29) is 5.41 Å². The maximum absolute atomic E-state index is 12.5. The quantitative estimate of drug-likeness (QED) is 0.902. The summed E-state index contributed by atoms with van der Waals surface area (Å²) in [4.78, 5) is 28.8. The number of likely N-dealkylation sites (tertiary alicyclic amines) is 1. The summed E-state index contributed by atoms with van der Waals surface area (Å²) in [5.41, 5.74) is 4.73. The molecule has 0 aliphatic carbocycles. The van der Waals surface area contributed by atoms with Gasteiger partial charge in [-0.25, -0.2) is 4.98 Å². The average Bonchev–Trinajstić information content (AvgIpc) is 3.16. The highest BCUT2D eigenvalue weighted by molar-refractivity contribution is 5.77. The van der Waals surface area contributed by atoms with Gasteiger partial charge in [0.15, 0.2) is 0 Å². The summed E-state index contributed by atoms with van der Waals surface area (Å²) in [5, 5.41) is 0. The molecule has 4 heterocycles. The molecule has 4 rings (SSSR count). The third-order valence-electron chi connectivity index (χ3n) is 6.05. The predicted molar refractivity (Wildman–Crippen MR) is 106 cm³/mol. The van der Waals surface area contributed by atoms with Crippen LogP contribution < -0.4 is 4.90 Å². The van der Waals surface area contributed by atoms with E-state index >= 15 is 0 Å². The van der Waals surface area contributed by atoms with Crippen molar-refractivity contribution in [2.45, 2.75) is 46.0 Å². The van der Waals surface area contributed by atoms with Crippen molar-refractivity contribution in [2.24, 2.45) is 5.41 Å². The van der Waals surface area contributed by atoms with Gasteiger partial charge in [0.05, 0.1) is 6.33 Å². The number of pyridine rings is 1. The number of aromatic amines is 1. The van der Waals surface area contributed by atoms with Crippen molar-refractivity contribution < 1.29 is 4.79 Å². The van der Waals surface area contributed by atoms with Gasteiger partial charge in [0, 0.05) is 73.4 Å². The average molecular weight is 367 g/mol. The Morgan fingerprint density at radius 1 is 1.19 bits per heavy atom. The minimum Gasteiger partial charge on any atom is -0.371 e. The molecule has 1 spiro atoms. The van der Waals surface area contributed by atoms with Crippen LogP contribution in [-0.2, 0) is 11.2 Å². The molecule has 1 amide bonds. The molecule has 6 nitrogen and oxygen atoms in total. The zero-order chi connectivity index (χ0) is 18.9. The van der Waals surface area contributed by atoms with Gasteiger partial charge in [0.1, 0.15) is 0 Å². The van der Waals surface area contributed by atoms with Crippen LogP contribution in [0.2, 0.25) is 0 Å². The van der Waals surface area contributed by atoms with E-state index in [1.807, 2.05) is 6.20 Å². The van der Waals surface area contributed by atoms with Crippen LogP contribution in [0.15, 0.2) is 24.7 Å². The molecular weight excluding hydrogens is 338 g/mol. The molecule has 0 unspecified atom stereocenters. The third kappa shape index (κ3) is 3.99. The number of rotatable bonds is 4. The van der Waals surface area contributed by atoms with E-state index in [9.17, 15) is 4.79 Å². The molecular formula is C21H29N5O. The lowest BCUT2D eigenvalue weighted by Crippen LogP contribution is -2.54. The van der Waals surface area contributed by atoms with Gasteiger partial charge >= 0.3 is 0 Å². The van der Waals surface area contributed by atoms with E-state index in [0.29, 0.717) is 12.3 Å². The second kappa shape index (κ2) is 7.33. The highest BCUT2D eigenvalue weighted by Crippen LogP contribution is 2.40. The number of amides is 1. The van der Waals surface area contributed by atoms with E-state index in [2.05, 4.69) is 50.7 Å². The van der Waals surface area contributed by atoms with E-state index in [1.54, 1.807) is 6.33 Å². The molecule has 1 atom stereocenters. The van der Waals surface area contributed by atoms with Crippen molar-refractivity contribution in [3.05, 3.63) is 41.7 Å². The van der Waals surface area contributed by atoms with Gasteiger partial charge in [-0.1, -0.05) is 0 Å². The van der Waals surface area contributed by atoms with Gasteiger partial charge in [0.2, 0.25) is 5.91 Å². The Bertz CT molecular complexity index is 783. The van der Waals surface area contributed by atoms with Crippen molar-refractivity contribution in [1.82, 2.24) is 19.9 Å². The number of aromatic nitrogens is 3. The monoisotopic (exact) mass is 367 g/mol. The number of nitrogens with zero attached hydrogens (tertiary/aromatic N) is 4. The molecule has 2 aliphatic rings. The number of H-pyrrole nitrogens is 1. The lowest BCUT2D eigenvalue weighted by Gasteiger charge is -2.49. The number of piperidine rings is 2. The zero-order valence-electron chi connectivity index (χ0n) is 16.4. The maximum atomic E-state index is 12.5. The number of carbonyl (C=O) groups excluding carboxylic acids is 1. The fourth-order valence-corrected chi connectivity index (χ4v) is 4.74. The Hall–Kier alpha value is -2.37. The van der Waals surface area contributed by atoms with Crippen molar-refractivity contribution >= 4 is 11.6 Å². The van der Waals surface area contributed by atoms with E-state index in [1.165, 1.54) is 18.5 Å². The lowest BCUT2D eigenvalue weighted by molar-refractivity contribution is -0.137. The van der Waals surface area contributed by atoms with Crippen LogP contribution in [-0.4, -0.2) is 51.9 Å². The molecule has 0 bridgehead atoms. The number of hydrogen-bond acceptors (Lipinski definition) is 4. The Morgan fingerprint density at radius 2 is 2.00 bits per heavy atom. The SMILES string of the molecule is Cc1cc(N2CCC[C@]3(CCC(=O)N(CCc4cnc[nH]4)C3)C2)cc(C)n1. The van der Waals surface area contributed by atoms with E-state index in [4.69, 9.17) is 0 Å². The van der Waals surface area contributed by atoms with Gasteiger partial charge < -0.3 is 14.8 Å². The van der Waals surface area contributed by atoms with Gasteiger partial charge in [-0.2, -0.15) is 0 Å².